The lowest BCUT2D eigenvalue weighted by Crippen LogP contribution is -2.38. The molecule has 2 aromatic carbocycles. The number of nitrogens with zero attached hydrogens (tertiary/aromatic N) is 1. The van der Waals surface area contributed by atoms with E-state index >= 15 is 0 Å². The van der Waals surface area contributed by atoms with Crippen LogP contribution in [-0.4, -0.2) is 38.3 Å². The van der Waals surface area contributed by atoms with Crippen LogP contribution in [0.15, 0.2) is 57.9 Å². The first kappa shape index (κ1) is 21.8. The summed E-state index contributed by atoms with van der Waals surface area (Å²) in [6, 6.07) is 13.5. The van der Waals surface area contributed by atoms with Crippen molar-refractivity contribution in [1.82, 2.24) is 4.31 Å². The Hall–Kier alpha value is -1.90. The predicted octanol–water partition coefficient (Wildman–Crippen LogP) is 4.42. The number of rotatable bonds is 7. The number of nitrogens with one attached hydrogen (secondary N) is 1. The zero-order chi connectivity index (χ0) is 20.9. The van der Waals surface area contributed by atoms with Gasteiger partial charge in [0, 0.05) is 23.2 Å². The molecule has 0 heterocycles. The van der Waals surface area contributed by atoms with E-state index in [9.17, 15) is 13.2 Å². The van der Waals surface area contributed by atoms with Gasteiger partial charge in [0.15, 0.2) is 6.61 Å². The quantitative estimate of drug-likeness (QED) is 0.636. The molecule has 3 rings (SSSR count). The topological polar surface area (TPSA) is 75.7 Å². The lowest BCUT2D eigenvalue weighted by molar-refractivity contribution is -0.118. The van der Waals surface area contributed by atoms with Crippen molar-refractivity contribution in [2.75, 3.05) is 19.0 Å². The van der Waals surface area contributed by atoms with Crippen LogP contribution in [0.3, 0.4) is 0 Å². The lowest BCUT2D eigenvalue weighted by atomic mass is 9.96. The monoisotopic (exact) mass is 480 g/mol. The number of benzene rings is 2. The summed E-state index contributed by atoms with van der Waals surface area (Å²) in [5.74, 6) is 0.276. The van der Waals surface area contributed by atoms with Gasteiger partial charge >= 0.3 is 0 Å². The van der Waals surface area contributed by atoms with Crippen LogP contribution < -0.4 is 10.1 Å². The fourth-order valence-corrected chi connectivity index (χ4v) is 5.07. The molecule has 0 spiro atoms. The Morgan fingerprint density at radius 2 is 1.69 bits per heavy atom. The molecule has 1 N–H and O–H groups in total. The minimum atomic E-state index is -3.54. The van der Waals surface area contributed by atoms with Crippen LogP contribution in [0.25, 0.3) is 0 Å². The molecule has 8 heteroatoms. The molecule has 0 atom stereocenters. The molecule has 1 fully saturated rings. The summed E-state index contributed by atoms with van der Waals surface area (Å²) in [4.78, 5) is 12.3. The van der Waals surface area contributed by atoms with E-state index in [1.807, 2.05) is 12.1 Å². The van der Waals surface area contributed by atoms with Crippen molar-refractivity contribution in [2.45, 2.75) is 43.0 Å². The first-order valence-corrected chi connectivity index (χ1v) is 11.9. The normalized spacial score (nSPS) is 15.3. The van der Waals surface area contributed by atoms with Crippen molar-refractivity contribution in [3.8, 4) is 5.75 Å². The molecule has 156 valence electrons. The van der Waals surface area contributed by atoms with Crippen molar-refractivity contribution in [2.24, 2.45) is 0 Å². The molecule has 0 aromatic heterocycles. The molecule has 0 aliphatic heterocycles. The predicted molar refractivity (Wildman–Crippen MR) is 117 cm³/mol. The highest BCUT2D eigenvalue weighted by molar-refractivity contribution is 9.10. The zero-order valence-electron chi connectivity index (χ0n) is 16.3. The zero-order valence-corrected chi connectivity index (χ0v) is 18.7. The Morgan fingerprint density at radius 1 is 1.07 bits per heavy atom. The van der Waals surface area contributed by atoms with Crippen molar-refractivity contribution in [1.29, 1.82) is 0 Å². The van der Waals surface area contributed by atoms with Crippen LogP contribution in [0.4, 0.5) is 5.69 Å². The molecule has 0 radical (unpaired) electrons. The Balaban J connectivity index is 1.57. The van der Waals surface area contributed by atoms with Crippen LogP contribution in [-0.2, 0) is 14.8 Å². The molecule has 0 unspecified atom stereocenters. The number of anilines is 1. The van der Waals surface area contributed by atoms with Crippen molar-refractivity contribution in [3.63, 3.8) is 0 Å². The number of sulfonamides is 1. The smallest absolute Gasteiger partial charge is 0.262 e. The summed E-state index contributed by atoms with van der Waals surface area (Å²) >= 11 is 3.34. The third-order valence-electron chi connectivity index (χ3n) is 5.09. The Bertz CT molecular complexity index is 924. The first-order chi connectivity index (χ1) is 13.9. The number of hydrogen-bond donors (Lipinski definition) is 1. The average Bonchev–Trinajstić information content (AvgIpc) is 2.74. The summed E-state index contributed by atoms with van der Waals surface area (Å²) in [5, 5.41) is 2.71. The minimum Gasteiger partial charge on any atom is -0.484 e. The standard InChI is InChI=1S/C21H25BrN2O4S/c1-24(18-5-3-2-4-6-18)29(26,27)20-13-9-17(10-14-20)23-21(25)15-28-19-11-7-16(22)8-12-19/h7-14,18H,2-6,15H2,1H3,(H,23,25). The van der Waals surface area contributed by atoms with E-state index < -0.39 is 10.0 Å². The molecule has 1 amide bonds. The molecule has 1 saturated carbocycles. The fraction of sp³-hybridized carbons (Fsp3) is 0.381. The van der Waals surface area contributed by atoms with Gasteiger partial charge in [-0.05, 0) is 61.4 Å². The van der Waals surface area contributed by atoms with E-state index in [0.29, 0.717) is 11.4 Å². The van der Waals surface area contributed by atoms with Crippen molar-refractivity contribution >= 4 is 37.5 Å². The van der Waals surface area contributed by atoms with Crippen molar-refractivity contribution in [3.05, 3.63) is 53.0 Å². The summed E-state index contributed by atoms with van der Waals surface area (Å²) in [7, 11) is -1.89. The second-order valence-electron chi connectivity index (χ2n) is 7.13. The van der Waals surface area contributed by atoms with Gasteiger partial charge < -0.3 is 10.1 Å². The van der Waals surface area contributed by atoms with Gasteiger partial charge in [0.1, 0.15) is 5.75 Å². The molecule has 1 aliphatic rings. The minimum absolute atomic E-state index is 0.0592. The highest BCUT2D eigenvalue weighted by Gasteiger charge is 2.28. The third kappa shape index (κ3) is 5.81. The Labute approximate surface area is 180 Å². The average molecular weight is 481 g/mol. The number of hydrogen-bond acceptors (Lipinski definition) is 4. The highest BCUT2D eigenvalue weighted by atomic mass is 79.9. The SMILES string of the molecule is CN(C1CCCCC1)S(=O)(=O)c1ccc(NC(=O)COc2ccc(Br)cc2)cc1. The number of amides is 1. The van der Waals surface area contributed by atoms with Crippen LogP contribution in [0.2, 0.25) is 0 Å². The van der Waals surface area contributed by atoms with E-state index in [-0.39, 0.29) is 23.5 Å². The van der Waals surface area contributed by atoms with E-state index in [1.165, 1.54) is 22.9 Å². The van der Waals surface area contributed by atoms with Gasteiger partial charge in [-0.2, -0.15) is 4.31 Å². The van der Waals surface area contributed by atoms with E-state index in [1.54, 1.807) is 31.3 Å². The molecule has 0 saturated heterocycles. The number of carbonyl (C=O) groups excluding carboxylic acids is 1. The summed E-state index contributed by atoms with van der Waals surface area (Å²) in [6.07, 6.45) is 5.12. The summed E-state index contributed by atoms with van der Waals surface area (Å²) in [5.41, 5.74) is 0.522. The largest absolute Gasteiger partial charge is 0.484 e. The molecular weight excluding hydrogens is 456 g/mol. The second kappa shape index (κ2) is 9.73. The number of ether oxygens (including phenoxy) is 1. The maximum Gasteiger partial charge on any atom is 0.262 e. The van der Waals surface area contributed by atoms with Gasteiger partial charge in [0.05, 0.1) is 4.90 Å². The van der Waals surface area contributed by atoms with Gasteiger partial charge in [-0.1, -0.05) is 35.2 Å². The van der Waals surface area contributed by atoms with E-state index in [2.05, 4.69) is 21.2 Å². The van der Waals surface area contributed by atoms with Crippen molar-refractivity contribution < 1.29 is 17.9 Å². The van der Waals surface area contributed by atoms with Crippen LogP contribution >= 0.6 is 15.9 Å². The molecule has 6 nitrogen and oxygen atoms in total. The Kier molecular flexibility index (Phi) is 7.32. The maximum atomic E-state index is 12.9. The number of carbonyl (C=O) groups is 1. The van der Waals surface area contributed by atoms with Crippen LogP contribution in [0.5, 0.6) is 5.75 Å². The molecule has 1 aliphatic carbocycles. The molecular formula is C21H25BrN2O4S. The first-order valence-electron chi connectivity index (χ1n) is 9.62. The highest BCUT2D eigenvalue weighted by Crippen LogP contribution is 2.27. The van der Waals surface area contributed by atoms with E-state index in [4.69, 9.17) is 4.74 Å². The lowest BCUT2D eigenvalue weighted by Gasteiger charge is -2.30. The van der Waals surface area contributed by atoms with Gasteiger partial charge in [-0.3, -0.25) is 4.79 Å². The molecule has 2 aromatic rings. The van der Waals surface area contributed by atoms with E-state index in [0.717, 1.165) is 30.2 Å². The second-order valence-corrected chi connectivity index (χ2v) is 10.0. The maximum absolute atomic E-state index is 12.9. The van der Waals surface area contributed by atoms with Gasteiger partial charge in [0.2, 0.25) is 10.0 Å². The van der Waals surface area contributed by atoms with Crippen LogP contribution in [0, 0.1) is 0 Å². The summed E-state index contributed by atoms with van der Waals surface area (Å²) in [6.45, 7) is -0.133. The fourth-order valence-electron chi connectivity index (χ4n) is 3.39. The Morgan fingerprint density at radius 3 is 2.31 bits per heavy atom. The third-order valence-corrected chi connectivity index (χ3v) is 7.54. The van der Waals surface area contributed by atoms with Gasteiger partial charge in [0.25, 0.3) is 5.91 Å². The number of halogens is 1. The van der Waals surface area contributed by atoms with Gasteiger partial charge in [-0.15, -0.1) is 0 Å². The summed E-state index contributed by atoms with van der Waals surface area (Å²) < 4.78 is 33.6. The van der Waals surface area contributed by atoms with Gasteiger partial charge in [-0.25, -0.2) is 8.42 Å². The van der Waals surface area contributed by atoms with Crippen LogP contribution in [0.1, 0.15) is 32.1 Å². The molecule has 29 heavy (non-hydrogen) atoms. The molecule has 0 bridgehead atoms.